The summed E-state index contributed by atoms with van der Waals surface area (Å²) < 4.78 is 48.6. The molecule has 0 bridgehead atoms. The minimum Gasteiger partial charge on any atom is -0.486 e. The predicted molar refractivity (Wildman–Crippen MR) is 56.8 cm³/mol. The van der Waals surface area contributed by atoms with E-state index in [1.807, 2.05) is 0 Å². The first-order valence-corrected chi connectivity index (χ1v) is 5.37. The summed E-state index contributed by atoms with van der Waals surface area (Å²) in [5, 5.41) is 0. The molecule has 1 aromatic carbocycles. The Hall–Kier alpha value is -1.72. The van der Waals surface area contributed by atoms with Gasteiger partial charge in [-0.3, -0.25) is 4.79 Å². The number of carbonyl (C=O) groups excluding carboxylic acids is 1. The van der Waals surface area contributed by atoms with E-state index < -0.39 is 11.7 Å². The Labute approximate surface area is 102 Å². The zero-order valence-electron chi connectivity index (χ0n) is 9.63. The average molecular weight is 260 g/mol. The maximum atomic E-state index is 12.8. The van der Waals surface area contributed by atoms with Crippen LogP contribution >= 0.6 is 0 Å². The minimum atomic E-state index is -4.50. The molecule has 1 aliphatic rings. The molecule has 3 nitrogen and oxygen atoms in total. The van der Waals surface area contributed by atoms with Crippen molar-refractivity contribution in [3.63, 3.8) is 0 Å². The van der Waals surface area contributed by atoms with Crippen molar-refractivity contribution in [1.29, 1.82) is 0 Å². The third-order valence-electron chi connectivity index (χ3n) is 2.51. The molecule has 18 heavy (non-hydrogen) atoms. The van der Waals surface area contributed by atoms with E-state index in [4.69, 9.17) is 9.47 Å². The van der Waals surface area contributed by atoms with Crippen molar-refractivity contribution < 1.29 is 27.4 Å². The van der Waals surface area contributed by atoms with Gasteiger partial charge in [-0.2, -0.15) is 13.2 Å². The van der Waals surface area contributed by atoms with E-state index in [9.17, 15) is 18.0 Å². The maximum Gasteiger partial charge on any atom is 0.420 e. The topological polar surface area (TPSA) is 35.5 Å². The van der Waals surface area contributed by atoms with Crippen LogP contribution in [0.5, 0.6) is 11.5 Å². The zero-order chi connectivity index (χ0) is 13.3. The lowest BCUT2D eigenvalue weighted by atomic mass is 10.0. The fraction of sp³-hybridized carbons (Fsp3) is 0.417. The lowest BCUT2D eigenvalue weighted by Crippen LogP contribution is -2.20. The number of carbonyl (C=O) groups is 1. The van der Waals surface area contributed by atoms with Crippen molar-refractivity contribution >= 4 is 5.78 Å². The molecule has 6 heteroatoms. The molecule has 0 fully saturated rings. The predicted octanol–water partition coefficient (Wildman–Crippen LogP) is 2.61. The van der Waals surface area contributed by atoms with Crippen LogP contribution in [-0.4, -0.2) is 19.0 Å². The standard InChI is InChI=1S/C12H11F3O3/c1-7(16)6-8-2-3-9(12(13,14)15)11-10(8)17-4-5-18-11/h2-3H,4-6H2,1H3. The average Bonchev–Trinajstić information content (AvgIpc) is 2.27. The molecule has 0 atom stereocenters. The second-order valence-corrected chi connectivity index (χ2v) is 4.00. The van der Waals surface area contributed by atoms with E-state index in [0.29, 0.717) is 5.56 Å². The number of rotatable bonds is 2. The number of alkyl halides is 3. The minimum absolute atomic E-state index is 0.0316. The second-order valence-electron chi connectivity index (χ2n) is 4.00. The highest BCUT2D eigenvalue weighted by Crippen LogP contribution is 2.44. The highest BCUT2D eigenvalue weighted by molar-refractivity contribution is 5.79. The van der Waals surface area contributed by atoms with Crippen LogP contribution in [0.4, 0.5) is 13.2 Å². The highest BCUT2D eigenvalue weighted by atomic mass is 19.4. The highest BCUT2D eigenvalue weighted by Gasteiger charge is 2.37. The van der Waals surface area contributed by atoms with E-state index in [2.05, 4.69) is 0 Å². The SMILES string of the molecule is CC(=O)Cc1ccc(C(F)(F)F)c2c1OCCO2. The number of Topliss-reactive ketones (excluding diaryl/α,β-unsaturated/α-hetero) is 1. The molecule has 0 saturated heterocycles. The summed E-state index contributed by atoms with van der Waals surface area (Å²) in [5.74, 6) is -0.426. The third kappa shape index (κ3) is 2.42. The van der Waals surface area contributed by atoms with Crippen LogP contribution in [0.15, 0.2) is 12.1 Å². The molecule has 0 aromatic heterocycles. The summed E-state index contributed by atoms with van der Waals surface area (Å²) in [6, 6.07) is 2.18. The summed E-state index contributed by atoms with van der Waals surface area (Å²) in [5.41, 5.74) is -0.449. The van der Waals surface area contributed by atoms with Crippen molar-refractivity contribution in [1.82, 2.24) is 0 Å². The molecule has 0 radical (unpaired) electrons. The third-order valence-corrected chi connectivity index (χ3v) is 2.51. The lowest BCUT2D eigenvalue weighted by molar-refractivity contribution is -0.139. The van der Waals surface area contributed by atoms with E-state index >= 15 is 0 Å². The largest absolute Gasteiger partial charge is 0.486 e. The van der Waals surface area contributed by atoms with Crippen LogP contribution in [0.3, 0.4) is 0 Å². The molecule has 0 amide bonds. The number of ketones is 1. The van der Waals surface area contributed by atoms with Gasteiger partial charge in [0.2, 0.25) is 0 Å². The van der Waals surface area contributed by atoms with Crippen molar-refractivity contribution in [2.45, 2.75) is 19.5 Å². The van der Waals surface area contributed by atoms with Gasteiger partial charge < -0.3 is 9.47 Å². The number of hydrogen-bond acceptors (Lipinski definition) is 3. The maximum absolute atomic E-state index is 12.8. The van der Waals surface area contributed by atoms with Gasteiger partial charge in [-0.05, 0) is 13.0 Å². The van der Waals surface area contributed by atoms with Gasteiger partial charge in [0.25, 0.3) is 0 Å². The summed E-state index contributed by atoms with van der Waals surface area (Å²) in [4.78, 5) is 11.1. The van der Waals surface area contributed by atoms with Gasteiger partial charge in [0, 0.05) is 12.0 Å². The van der Waals surface area contributed by atoms with Crippen molar-refractivity contribution in [3.05, 3.63) is 23.3 Å². The van der Waals surface area contributed by atoms with Crippen molar-refractivity contribution in [2.75, 3.05) is 13.2 Å². The summed E-state index contributed by atoms with van der Waals surface area (Å²) in [6.07, 6.45) is -4.47. The van der Waals surface area contributed by atoms with Crippen LogP contribution < -0.4 is 9.47 Å². The van der Waals surface area contributed by atoms with Gasteiger partial charge >= 0.3 is 6.18 Å². The number of halogens is 3. The van der Waals surface area contributed by atoms with E-state index in [0.717, 1.165) is 6.07 Å². The number of fused-ring (bicyclic) bond motifs is 1. The molecule has 98 valence electrons. The van der Waals surface area contributed by atoms with Crippen molar-refractivity contribution in [2.24, 2.45) is 0 Å². The first-order valence-electron chi connectivity index (χ1n) is 5.37. The van der Waals surface area contributed by atoms with Gasteiger partial charge in [-0.15, -0.1) is 0 Å². The molecule has 0 saturated carbocycles. The van der Waals surface area contributed by atoms with E-state index in [1.165, 1.54) is 13.0 Å². The molecule has 1 aromatic rings. The van der Waals surface area contributed by atoms with Crippen molar-refractivity contribution in [3.8, 4) is 11.5 Å². The van der Waals surface area contributed by atoms with Crippen LogP contribution in [0.25, 0.3) is 0 Å². The van der Waals surface area contributed by atoms with Gasteiger partial charge in [-0.25, -0.2) is 0 Å². The van der Waals surface area contributed by atoms with Crippen LogP contribution in [0, 0.1) is 0 Å². The van der Waals surface area contributed by atoms with Gasteiger partial charge in [-0.1, -0.05) is 6.07 Å². The number of benzene rings is 1. The molecule has 0 aliphatic carbocycles. The Balaban J connectivity index is 2.52. The molecular weight excluding hydrogens is 249 g/mol. The zero-order valence-corrected chi connectivity index (χ0v) is 9.63. The molecular formula is C12H11F3O3. The monoisotopic (exact) mass is 260 g/mol. The second kappa shape index (κ2) is 4.51. The van der Waals surface area contributed by atoms with Gasteiger partial charge in [0.05, 0.1) is 0 Å². The quantitative estimate of drug-likeness (QED) is 0.820. The molecule has 0 spiro atoms. The van der Waals surface area contributed by atoms with Crippen LogP contribution in [0.1, 0.15) is 18.1 Å². The molecule has 2 rings (SSSR count). The van der Waals surface area contributed by atoms with Gasteiger partial charge in [0.15, 0.2) is 11.5 Å². The van der Waals surface area contributed by atoms with Gasteiger partial charge in [0.1, 0.15) is 24.6 Å². The Bertz CT molecular complexity index is 480. The summed E-state index contributed by atoms with van der Waals surface area (Å²) in [7, 11) is 0. The fourth-order valence-electron chi connectivity index (χ4n) is 1.82. The normalized spacial score (nSPS) is 14.4. The molecule has 0 N–H and O–H groups in total. The van der Waals surface area contributed by atoms with E-state index in [1.54, 1.807) is 0 Å². The fourth-order valence-corrected chi connectivity index (χ4v) is 1.82. The summed E-state index contributed by atoms with van der Waals surface area (Å²) in [6.45, 7) is 1.62. The Morgan fingerprint density at radius 2 is 1.83 bits per heavy atom. The molecule has 1 heterocycles. The van der Waals surface area contributed by atoms with E-state index in [-0.39, 0.29) is 36.9 Å². The molecule has 0 unspecified atom stereocenters. The first-order chi connectivity index (χ1) is 8.39. The smallest absolute Gasteiger partial charge is 0.420 e. The van der Waals surface area contributed by atoms with Crippen LogP contribution in [-0.2, 0) is 17.4 Å². The summed E-state index contributed by atoms with van der Waals surface area (Å²) >= 11 is 0. The Morgan fingerprint density at radius 1 is 1.22 bits per heavy atom. The van der Waals surface area contributed by atoms with Crippen LogP contribution in [0.2, 0.25) is 0 Å². The Morgan fingerprint density at radius 3 is 2.39 bits per heavy atom. The Kier molecular flexibility index (Phi) is 3.19. The number of ether oxygens (including phenoxy) is 2. The first kappa shape index (κ1) is 12.7. The molecule has 1 aliphatic heterocycles. The number of hydrogen-bond donors (Lipinski definition) is 0. The lowest BCUT2D eigenvalue weighted by Gasteiger charge is -2.24.